The van der Waals surface area contributed by atoms with E-state index in [1.54, 1.807) is 22.8 Å². The lowest BCUT2D eigenvalue weighted by Crippen LogP contribution is -2.50. The number of carbonyl (C=O) groups excluding carboxylic acids is 7. The molecule has 0 radical (unpaired) electrons. The SMILES string of the molecule is COCCCN(CC(=O)N(CCCCN)CC(N)=O)C(=O)CN(Cc1ccccc1)C(=O)CN(Cc1ccccc1)C(=O)[C@H](C)/C=C(\C)CN(Cc1ccccc1)C(=O)CN(Cc1ccccc1)C(=O)CNCc1ccccc1. The minimum atomic E-state index is -0.767. The summed E-state index contributed by atoms with van der Waals surface area (Å²) in [7, 11) is 1.53. The van der Waals surface area contributed by atoms with Crippen LogP contribution < -0.4 is 16.8 Å². The first-order valence-corrected chi connectivity index (χ1v) is 27.0. The summed E-state index contributed by atoms with van der Waals surface area (Å²) >= 11 is 0. The summed E-state index contributed by atoms with van der Waals surface area (Å²) in [5.41, 5.74) is 16.2. The van der Waals surface area contributed by atoms with Crippen molar-refractivity contribution in [2.45, 2.75) is 65.8 Å². The highest BCUT2D eigenvalue weighted by Gasteiger charge is 2.30. The van der Waals surface area contributed by atoms with E-state index in [2.05, 4.69) is 5.32 Å². The van der Waals surface area contributed by atoms with E-state index in [1.165, 1.54) is 26.7 Å². The summed E-state index contributed by atoms with van der Waals surface area (Å²) in [6.07, 6.45) is 3.36. The summed E-state index contributed by atoms with van der Waals surface area (Å²) in [5, 5.41) is 3.24. The van der Waals surface area contributed by atoms with Crippen LogP contribution in [0.3, 0.4) is 0 Å². The van der Waals surface area contributed by atoms with Crippen LogP contribution >= 0.6 is 0 Å². The molecule has 0 unspecified atom stereocenters. The number of amides is 7. The standard InChI is InChI=1S/C62H79N9O8/c1-49(39-68(40-52-24-11-5-12-25-52)60(76)47-69(41-53-26-13-6-14-27-53)57(73)38-65-37-51-22-9-4-10-23-51)36-50(2)62(78)71(43-55-30-17-8-18-31-55)48-61(77)70(42-54-28-15-7-16-29-54)46-59(75)67(34-21-35-79-3)45-58(74)66(44-56(64)72)33-20-19-32-63/h4-18,22-31,36,50,65H,19-21,32-35,37-48,63H2,1-3H3,(H2,64,72)/b49-36+/t50-/m1/s1. The van der Waals surface area contributed by atoms with Gasteiger partial charge in [0.25, 0.3) is 0 Å². The molecule has 0 aliphatic carbocycles. The predicted octanol–water partition coefficient (Wildman–Crippen LogP) is 5.39. The average molecular weight is 1080 g/mol. The third kappa shape index (κ3) is 22.5. The number of nitrogens with two attached hydrogens (primary N) is 2. The normalized spacial score (nSPS) is 11.5. The third-order valence-electron chi connectivity index (χ3n) is 13.1. The Morgan fingerprint density at radius 2 is 0.848 bits per heavy atom. The number of rotatable bonds is 34. The Balaban J connectivity index is 1.38. The largest absolute Gasteiger partial charge is 0.385 e. The van der Waals surface area contributed by atoms with Gasteiger partial charge < -0.3 is 50.9 Å². The minimum Gasteiger partial charge on any atom is -0.385 e. The number of unbranched alkanes of at least 4 members (excludes halogenated alkanes) is 1. The molecule has 17 heteroatoms. The van der Waals surface area contributed by atoms with Crippen LogP contribution in [0, 0.1) is 5.92 Å². The summed E-state index contributed by atoms with van der Waals surface area (Å²) in [6.45, 7) is 4.24. The lowest BCUT2D eigenvalue weighted by atomic mass is 10.0. The van der Waals surface area contributed by atoms with Gasteiger partial charge in [-0.2, -0.15) is 0 Å². The van der Waals surface area contributed by atoms with Crippen molar-refractivity contribution in [1.82, 2.24) is 34.7 Å². The smallest absolute Gasteiger partial charge is 0.242 e. The molecule has 0 spiro atoms. The number of hydrogen-bond acceptors (Lipinski definition) is 10. The zero-order chi connectivity index (χ0) is 56.8. The number of carbonyl (C=O) groups is 7. The van der Waals surface area contributed by atoms with E-state index < -0.39 is 36.1 Å². The molecule has 5 aromatic rings. The van der Waals surface area contributed by atoms with Crippen LogP contribution in [0.15, 0.2) is 163 Å². The lowest BCUT2D eigenvalue weighted by Gasteiger charge is -2.31. The first-order valence-electron chi connectivity index (χ1n) is 27.0. The number of nitrogens with one attached hydrogen (secondary N) is 1. The van der Waals surface area contributed by atoms with E-state index in [0.29, 0.717) is 39.0 Å². The number of methoxy groups -OCH3 is 1. The third-order valence-corrected chi connectivity index (χ3v) is 13.1. The van der Waals surface area contributed by atoms with Gasteiger partial charge in [-0.1, -0.05) is 170 Å². The number of hydrogen-bond donors (Lipinski definition) is 3. The molecule has 5 N–H and O–H groups in total. The van der Waals surface area contributed by atoms with Crippen molar-refractivity contribution in [2.24, 2.45) is 17.4 Å². The summed E-state index contributed by atoms with van der Waals surface area (Å²) in [6, 6.07) is 47.4. The maximum atomic E-state index is 14.8. The second-order valence-corrected chi connectivity index (χ2v) is 19.7. The molecule has 1 atom stereocenters. The van der Waals surface area contributed by atoms with E-state index in [1.807, 2.05) is 159 Å². The fraction of sp³-hybridized carbons (Fsp3) is 0.371. The Bertz CT molecular complexity index is 2700. The molecule has 17 nitrogen and oxygen atoms in total. The molecular formula is C62H79N9O8. The molecule has 7 amide bonds. The van der Waals surface area contributed by atoms with Crippen LogP contribution in [-0.2, 0) is 71.0 Å². The van der Waals surface area contributed by atoms with Crippen molar-refractivity contribution in [1.29, 1.82) is 0 Å². The molecule has 79 heavy (non-hydrogen) atoms. The van der Waals surface area contributed by atoms with Gasteiger partial charge in [0.05, 0.1) is 25.6 Å². The summed E-state index contributed by atoms with van der Waals surface area (Å²) in [4.78, 5) is 107. The van der Waals surface area contributed by atoms with Crippen LogP contribution in [-0.4, -0.2) is 150 Å². The van der Waals surface area contributed by atoms with Crippen LogP contribution in [0.4, 0.5) is 0 Å². The van der Waals surface area contributed by atoms with Crippen LogP contribution in [0.2, 0.25) is 0 Å². The molecule has 420 valence electrons. The molecule has 0 aliphatic heterocycles. The van der Waals surface area contributed by atoms with Crippen molar-refractivity contribution in [3.63, 3.8) is 0 Å². The topological polar surface area (TPSA) is 212 Å². The lowest BCUT2D eigenvalue weighted by molar-refractivity contribution is -0.147. The average Bonchev–Trinajstić information content (AvgIpc) is 3.45. The molecular weight excluding hydrogens is 999 g/mol. The van der Waals surface area contributed by atoms with Crippen LogP contribution in [0.5, 0.6) is 0 Å². The Hall–Kier alpha value is -7.99. The fourth-order valence-electron chi connectivity index (χ4n) is 8.96. The van der Waals surface area contributed by atoms with Gasteiger partial charge in [-0.3, -0.25) is 33.6 Å². The first kappa shape index (κ1) is 61.9. The van der Waals surface area contributed by atoms with E-state index in [4.69, 9.17) is 16.2 Å². The van der Waals surface area contributed by atoms with Gasteiger partial charge in [-0.25, -0.2) is 0 Å². The van der Waals surface area contributed by atoms with Crippen LogP contribution in [0.25, 0.3) is 0 Å². The van der Waals surface area contributed by atoms with E-state index >= 15 is 0 Å². The van der Waals surface area contributed by atoms with E-state index in [0.717, 1.165) is 33.4 Å². The van der Waals surface area contributed by atoms with Gasteiger partial charge in [0, 0.05) is 66.1 Å². The zero-order valence-electron chi connectivity index (χ0n) is 46.1. The molecule has 5 aromatic carbocycles. The summed E-state index contributed by atoms with van der Waals surface area (Å²) in [5.74, 6) is -3.81. The zero-order valence-corrected chi connectivity index (χ0v) is 46.1. The molecule has 0 bridgehead atoms. The molecule has 5 rings (SSSR count). The summed E-state index contributed by atoms with van der Waals surface area (Å²) < 4.78 is 5.27. The highest BCUT2D eigenvalue weighted by atomic mass is 16.5. The highest BCUT2D eigenvalue weighted by molar-refractivity contribution is 5.92. The number of ether oxygens (including phenoxy) is 1. The van der Waals surface area contributed by atoms with Gasteiger partial charge in [0.15, 0.2) is 0 Å². The Labute approximate surface area is 466 Å². The van der Waals surface area contributed by atoms with Crippen molar-refractivity contribution >= 4 is 41.4 Å². The van der Waals surface area contributed by atoms with E-state index in [-0.39, 0.29) is 96.3 Å². The Morgan fingerprint density at radius 1 is 0.481 bits per heavy atom. The molecule has 0 saturated carbocycles. The molecule has 0 fully saturated rings. The predicted molar refractivity (Wildman–Crippen MR) is 306 cm³/mol. The van der Waals surface area contributed by atoms with Crippen molar-refractivity contribution in [2.75, 3.05) is 79.2 Å². The maximum Gasteiger partial charge on any atom is 0.242 e. The van der Waals surface area contributed by atoms with Gasteiger partial charge in [0.1, 0.15) is 19.6 Å². The van der Waals surface area contributed by atoms with E-state index in [9.17, 15) is 33.6 Å². The van der Waals surface area contributed by atoms with Gasteiger partial charge >= 0.3 is 0 Å². The molecule has 0 saturated heterocycles. The molecule has 0 aromatic heterocycles. The molecule has 0 aliphatic rings. The number of nitrogens with zero attached hydrogens (tertiary/aromatic N) is 6. The first-order chi connectivity index (χ1) is 38.2. The number of primary amides is 1. The molecule has 0 heterocycles. The Kier molecular flexibility index (Phi) is 26.6. The second-order valence-electron chi connectivity index (χ2n) is 19.7. The fourth-order valence-corrected chi connectivity index (χ4v) is 8.96. The van der Waals surface area contributed by atoms with Crippen molar-refractivity contribution in [3.8, 4) is 0 Å². The monoisotopic (exact) mass is 1080 g/mol. The van der Waals surface area contributed by atoms with Crippen molar-refractivity contribution < 1.29 is 38.3 Å². The maximum absolute atomic E-state index is 14.8. The highest BCUT2D eigenvalue weighted by Crippen LogP contribution is 2.17. The Morgan fingerprint density at radius 3 is 1.29 bits per heavy atom. The van der Waals surface area contributed by atoms with Crippen molar-refractivity contribution in [3.05, 3.63) is 191 Å². The second kappa shape index (κ2) is 34.0. The number of benzene rings is 5. The van der Waals surface area contributed by atoms with Gasteiger partial charge in [-0.15, -0.1) is 0 Å². The van der Waals surface area contributed by atoms with Gasteiger partial charge in [-0.05, 0) is 60.5 Å². The van der Waals surface area contributed by atoms with Crippen LogP contribution in [0.1, 0.15) is 60.9 Å². The minimum absolute atomic E-state index is 0.0255. The van der Waals surface area contributed by atoms with Gasteiger partial charge in [0.2, 0.25) is 41.4 Å². The quantitative estimate of drug-likeness (QED) is 0.0353.